The van der Waals surface area contributed by atoms with E-state index in [-0.39, 0.29) is 36.0 Å². The molecule has 0 spiro atoms. The Morgan fingerprint density at radius 3 is 2.59 bits per heavy atom. The molecule has 10 heteroatoms. The molecule has 0 bridgehead atoms. The average Bonchev–Trinajstić information content (AvgIpc) is 3.62. The second kappa shape index (κ2) is 12.1. The molecule has 6 rings (SSSR count). The third-order valence-corrected chi connectivity index (χ3v) is 8.81. The van der Waals surface area contributed by atoms with Gasteiger partial charge in [-0.15, -0.1) is 11.8 Å². The molecule has 41 heavy (non-hydrogen) atoms. The van der Waals surface area contributed by atoms with Crippen molar-refractivity contribution in [2.75, 3.05) is 30.3 Å². The van der Waals surface area contributed by atoms with Gasteiger partial charge in [0.15, 0.2) is 0 Å². The van der Waals surface area contributed by atoms with Gasteiger partial charge in [0, 0.05) is 29.8 Å². The molecular formula is C31H28ClFN4O3S. The standard InChI is InChI=1S/C31H28ClFN4O3S/c32-23-13-5-7-15-25(23)37-31-28(29(35-37)20-9-2-1-3-10-20)30(22-12-4-6-14-24(22)33)41-19-27(39)36(31)18-26(38)34-17-21-11-8-16-40-21/h1-7,9-10,12-15,21,30H,8,11,16-19H2,(H,34,38)/t21-,30-/m0/s1. The number of anilines is 1. The largest absolute Gasteiger partial charge is 0.376 e. The smallest absolute Gasteiger partial charge is 0.240 e. The van der Waals surface area contributed by atoms with Crippen molar-refractivity contribution in [2.45, 2.75) is 24.2 Å². The van der Waals surface area contributed by atoms with Gasteiger partial charge in [0.05, 0.1) is 33.5 Å². The van der Waals surface area contributed by atoms with Crippen molar-refractivity contribution in [1.29, 1.82) is 0 Å². The molecule has 0 saturated carbocycles. The Bertz CT molecular complexity index is 1570. The Hall–Kier alpha value is -3.66. The number of amides is 2. The van der Waals surface area contributed by atoms with Crippen LogP contribution in [0.5, 0.6) is 0 Å². The summed E-state index contributed by atoms with van der Waals surface area (Å²) in [6.45, 7) is 0.829. The van der Waals surface area contributed by atoms with Gasteiger partial charge in [-0.3, -0.25) is 14.5 Å². The van der Waals surface area contributed by atoms with E-state index in [0.717, 1.165) is 18.4 Å². The first-order valence-corrected chi connectivity index (χ1v) is 14.9. The van der Waals surface area contributed by atoms with Crippen LogP contribution in [0.15, 0.2) is 78.9 Å². The number of nitrogens with one attached hydrogen (secondary N) is 1. The lowest BCUT2D eigenvalue weighted by Crippen LogP contribution is -2.44. The molecule has 7 nitrogen and oxygen atoms in total. The maximum Gasteiger partial charge on any atom is 0.240 e. The molecule has 2 amide bonds. The first-order chi connectivity index (χ1) is 20.0. The predicted molar refractivity (Wildman–Crippen MR) is 159 cm³/mol. The summed E-state index contributed by atoms with van der Waals surface area (Å²) in [6.07, 6.45) is 1.81. The fourth-order valence-electron chi connectivity index (χ4n) is 5.29. The van der Waals surface area contributed by atoms with Gasteiger partial charge >= 0.3 is 0 Å². The molecule has 0 radical (unpaired) electrons. The number of nitrogens with zero attached hydrogens (tertiary/aromatic N) is 3. The van der Waals surface area contributed by atoms with Gasteiger partial charge in [-0.2, -0.15) is 5.10 Å². The third-order valence-electron chi connectivity index (χ3n) is 7.26. The van der Waals surface area contributed by atoms with E-state index in [9.17, 15) is 9.59 Å². The topological polar surface area (TPSA) is 76.5 Å². The number of hydrogen-bond donors (Lipinski definition) is 1. The molecule has 3 heterocycles. The summed E-state index contributed by atoms with van der Waals surface area (Å²) in [4.78, 5) is 28.5. The van der Waals surface area contributed by atoms with Gasteiger partial charge in [0.1, 0.15) is 18.2 Å². The first-order valence-electron chi connectivity index (χ1n) is 13.5. The Balaban J connectivity index is 1.54. The fourth-order valence-corrected chi connectivity index (χ4v) is 6.72. The van der Waals surface area contributed by atoms with Crippen LogP contribution in [0.4, 0.5) is 10.2 Å². The Morgan fingerprint density at radius 1 is 1.07 bits per heavy atom. The van der Waals surface area contributed by atoms with Crippen LogP contribution < -0.4 is 10.2 Å². The number of aromatic nitrogens is 2. The Morgan fingerprint density at radius 2 is 1.83 bits per heavy atom. The molecule has 3 aromatic carbocycles. The zero-order chi connectivity index (χ0) is 28.3. The maximum absolute atomic E-state index is 15.3. The Kier molecular flexibility index (Phi) is 8.09. The second-order valence-corrected chi connectivity index (χ2v) is 11.4. The molecular weight excluding hydrogens is 563 g/mol. The van der Waals surface area contributed by atoms with E-state index >= 15 is 4.39 Å². The average molecular weight is 591 g/mol. The van der Waals surface area contributed by atoms with Gasteiger partial charge in [0.2, 0.25) is 11.8 Å². The molecule has 2 aliphatic heterocycles. The second-order valence-electron chi connectivity index (χ2n) is 9.95. The normalized spacial score (nSPS) is 18.7. The van der Waals surface area contributed by atoms with Crippen LogP contribution >= 0.6 is 23.4 Å². The van der Waals surface area contributed by atoms with Crippen molar-refractivity contribution in [2.24, 2.45) is 0 Å². The highest BCUT2D eigenvalue weighted by atomic mass is 35.5. The summed E-state index contributed by atoms with van der Waals surface area (Å²) >= 11 is 7.98. The molecule has 1 fully saturated rings. The minimum Gasteiger partial charge on any atom is -0.376 e. The predicted octanol–water partition coefficient (Wildman–Crippen LogP) is 5.80. The highest BCUT2D eigenvalue weighted by Crippen LogP contribution is 2.49. The zero-order valence-electron chi connectivity index (χ0n) is 22.1. The van der Waals surface area contributed by atoms with Crippen LogP contribution in [0, 0.1) is 5.82 Å². The number of ether oxygens (including phenoxy) is 1. The van der Waals surface area contributed by atoms with Crippen LogP contribution in [0.3, 0.4) is 0 Å². The molecule has 1 saturated heterocycles. The van der Waals surface area contributed by atoms with Crippen molar-refractivity contribution in [1.82, 2.24) is 15.1 Å². The highest BCUT2D eigenvalue weighted by molar-refractivity contribution is 8.00. The molecule has 0 unspecified atom stereocenters. The van der Waals surface area contributed by atoms with Crippen molar-refractivity contribution in [3.63, 3.8) is 0 Å². The number of rotatable bonds is 7. The molecule has 2 aliphatic rings. The van der Waals surface area contributed by atoms with E-state index in [0.29, 0.717) is 46.5 Å². The van der Waals surface area contributed by atoms with Gasteiger partial charge in [-0.25, -0.2) is 9.07 Å². The van der Waals surface area contributed by atoms with Crippen LogP contribution in [-0.2, 0) is 14.3 Å². The third kappa shape index (κ3) is 5.62. The summed E-state index contributed by atoms with van der Waals surface area (Å²) in [5.41, 5.74) is 3.01. The highest BCUT2D eigenvalue weighted by Gasteiger charge is 2.38. The lowest BCUT2D eigenvalue weighted by atomic mass is 9.99. The van der Waals surface area contributed by atoms with Crippen LogP contribution in [0.1, 0.15) is 29.2 Å². The van der Waals surface area contributed by atoms with Crippen LogP contribution in [0.2, 0.25) is 5.02 Å². The summed E-state index contributed by atoms with van der Waals surface area (Å²) < 4.78 is 22.6. The monoisotopic (exact) mass is 590 g/mol. The quantitative estimate of drug-likeness (QED) is 0.295. The minimum atomic E-state index is -0.568. The molecule has 2 atom stereocenters. The van der Waals surface area contributed by atoms with E-state index in [1.807, 2.05) is 42.5 Å². The number of para-hydroxylation sites is 1. The first kappa shape index (κ1) is 27.5. The molecule has 1 N–H and O–H groups in total. The fraction of sp³-hybridized carbons (Fsp3) is 0.258. The number of halogens is 2. The SMILES string of the molecule is O=C(CN1C(=O)CS[C@@H](c2ccccc2F)c2c(-c3ccccc3)nn(-c3ccccc3Cl)c21)NC[C@@H]1CCCO1. The van der Waals surface area contributed by atoms with Gasteiger partial charge < -0.3 is 10.1 Å². The number of hydrogen-bond acceptors (Lipinski definition) is 5. The minimum absolute atomic E-state index is 0.0336. The number of carbonyl (C=O) groups is 2. The van der Waals surface area contributed by atoms with Gasteiger partial charge in [0.25, 0.3) is 0 Å². The van der Waals surface area contributed by atoms with Gasteiger partial charge in [-0.1, -0.05) is 72.3 Å². The van der Waals surface area contributed by atoms with Crippen molar-refractivity contribution in [3.05, 3.63) is 101 Å². The molecule has 0 aliphatic carbocycles. The van der Waals surface area contributed by atoms with Crippen molar-refractivity contribution >= 4 is 41.0 Å². The summed E-state index contributed by atoms with van der Waals surface area (Å²) in [7, 11) is 0. The summed E-state index contributed by atoms with van der Waals surface area (Å²) in [5.74, 6) is -0.538. The molecule has 1 aromatic heterocycles. The van der Waals surface area contributed by atoms with E-state index in [1.54, 1.807) is 35.0 Å². The lowest BCUT2D eigenvalue weighted by Gasteiger charge is -2.24. The number of benzene rings is 3. The zero-order valence-corrected chi connectivity index (χ0v) is 23.7. The van der Waals surface area contributed by atoms with Gasteiger partial charge in [-0.05, 0) is 31.0 Å². The molecule has 4 aromatic rings. The Labute approximate surface area is 246 Å². The van der Waals surface area contributed by atoms with E-state index in [4.69, 9.17) is 21.4 Å². The lowest BCUT2D eigenvalue weighted by molar-refractivity contribution is -0.123. The van der Waals surface area contributed by atoms with Crippen LogP contribution in [0.25, 0.3) is 16.9 Å². The van der Waals surface area contributed by atoms with Crippen molar-refractivity contribution < 1.29 is 18.7 Å². The number of thioether (sulfide) groups is 1. The molecule has 210 valence electrons. The maximum atomic E-state index is 15.3. The van der Waals surface area contributed by atoms with Crippen molar-refractivity contribution in [3.8, 4) is 16.9 Å². The number of fused-ring (bicyclic) bond motifs is 1. The summed E-state index contributed by atoms with van der Waals surface area (Å²) in [6, 6.07) is 23.3. The van der Waals surface area contributed by atoms with Crippen LogP contribution in [-0.4, -0.2) is 53.1 Å². The number of carbonyl (C=O) groups excluding carboxylic acids is 2. The summed E-state index contributed by atoms with van der Waals surface area (Å²) in [5, 5.41) is 7.77. The van der Waals surface area contributed by atoms with E-state index in [1.165, 1.54) is 22.7 Å². The van der Waals surface area contributed by atoms with E-state index in [2.05, 4.69) is 5.32 Å². The van der Waals surface area contributed by atoms with E-state index < -0.39 is 5.25 Å².